The molecule has 0 aliphatic heterocycles. The number of fused-ring (bicyclic) bond motifs is 2. The highest BCUT2D eigenvalue weighted by Crippen LogP contribution is 2.24. The van der Waals surface area contributed by atoms with Crippen LogP contribution in [0.2, 0.25) is 0 Å². The van der Waals surface area contributed by atoms with Crippen LogP contribution in [0.4, 0.5) is 0 Å². The van der Waals surface area contributed by atoms with E-state index < -0.39 is 0 Å². The van der Waals surface area contributed by atoms with E-state index in [0.29, 0.717) is 0 Å². The first-order valence-electron chi connectivity index (χ1n) is 5.43. The molecule has 0 aromatic heterocycles. The molecule has 3 radical (unpaired) electrons. The van der Waals surface area contributed by atoms with Crippen LogP contribution in [0.1, 0.15) is 5.56 Å². The Morgan fingerprint density at radius 1 is 0.882 bits per heavy atom. The standard InChI is InChI=1S/C16H9Si/c1-2-14-15-10-12-6-4-3-5-11(12)9-13(15)7-8-16(14)17/h1,3-10H. The van der Waals surface area contributed by atoms with Gasteiger partial charge < -0.3 is 0 Å². The predicted octanol–water partition coefficient (Wildman–Crippen LogP) is 2.77. The Balaban J connectivity index is 2.53. The number of rotatable bonds is 0. The third kappa shape index (κ3) is 1.54. The summed E-state index contributed by atoms with van der Waals surface area (Å²) in [4.78, 5) is 0. The van der Waals surface area contributed by atoms with Crippen molar-refractivity contribution < 1.29 is 0 Å². The first-order valence-corrected chi connectivity index (χ1v) is 5.93. The molecule has 3 rings (SSSR count). The molecular weight excluding hydrogens is 220 g/mol. The summed E-state index contributed by atoms with van der Waals surface area (Å²) in [6.45, 7) is 0. The minimum Gasteiger partial charge on any atom is -0.115 e. The van der Waals surface area contributed by atoms with Crippen LogP contribution in [0.5, 0.6) is 0 Å². The van der Waals surface area contributed by atoms with Crippen molar-refractivity contribution in [2.75, 3.05) is 0 Å². The van der Waals surface area contributed by atoms with Gasteiger partial charge in [-0.25, -0.2) is 0 Å². The van der Waals surface area contributed by atoms with Gasteiger partial charge in [-0.05, 0) is 33.7 Å². The summed E-state index contributed by atoms with van der Waals surface area (Å²) >= 11 is 0. The topological polar surface area (TPSA) is 0 Å². The fraction of sp³-hybridized carbons (Fsp3) is 0. The molecule has 0 spiro atoms. The minimum absolute atomic E-state index is 0.921. The SMILES string of the molecule is C#Cc1c([Si])ccc2cc3ccccc3cc12. The summed E-state index contributed by atoms with van der Waals surface area (Å²) in [7, 11) is 3.55. The van der Waals surface area contributed by atoms with Gasteiger partial charge in [0.15, 0.2) is 0 Å². The summed E-state index contributed by atoms with van der Waals surface area (Å²) in [5, 5.41) is 5.73. The Hall–Kier alpha value is -2.04. The van der Waals surface area contributed by atoms with Crippen LogP contribution in [-0.4, -0.2) is 10.2 Å². The highest BCUT2D eigenvalue weighted by Gasteiger charge is 2.03. The van der Waals surface area contributed by atoms with Gasteiger partial charge in [-0.3, -0.25) is 0 Å². The fourth-order valence-corrected chi connectivity index (χ4v) is 2.46. The summed E-state index contributed by atoms with van der Waals surface area (Å²) in [5.74, 6) is 2.75. The Kier molecular flexibility index (Phi) is 2.24. The van der Waals surface area contributed by atoms with E-state index in [1.807, 2.05) is 12.1 Å². The van der Waals surface area contributed by atoms with Crippen LogP contribution in [0.15, 0.2) is 48.5 Å². The fourth-order valence-electron chi connectivity index (χ4n) is 2.17. The zero-order valence-corrected chi connectivity index (χ0v) is 10.2. The Bertz CT molecular complexity index is 763. The van der Waals surface area contributed by atoms with Gasteiger partial charge in [-0.1, -0.05) is 47.5 Å². The van der Waals surface area contributed by atoms with Crippen molar-refractivity contribution in [1.82, 2.24) is 0 Å². The monoisotopic (exact) mass is 229 g/mol. The van der Waals surface area contributed by atoms with E-state index in [-0.39, 0.29) is 0 Å². The summed E-state index contributed by atoms with van der Waals surface area (Å²) < 4.78 is 0. The van der Waals surface area contributed by atoms with Gasteiger partial charge in [0.1, 0.15) is 0 Å². The number of benzene rings is 3. The van der Waals surface area contributed by atoms with E-state index in [4.69, 9.17) is 6.42 Å². The lowest BCUT2D eigenvalue weighted by Gasteiger charge is -2.06. The van der Waals surface area contributed by atoms with Crippen molar-refractivity contribution in [1.29, 1.82) is 0 Å². The van der Waals surface area contributed by atoms with Gasteiger partial charge >= 0.3 is 0 Å². The predicted molar refractivity (Wildman–Crippen MR) is 74.8 cm³/mol. The zero-order valence-electron chi connectivity index (χ0n) is 9.20. The first-order chi connectivity index (χ1) is 8.29. The molecule has 3 aromatic rings. The lowest BCUT2D eigenvalue weighted by molar-refractivity contribution is 1.76. The maximum Gasteiger partial charge on any atom is 0.0729 e. The molecule has 3 aromatic carbocycles. The average Bonchev–Trinajstić information content (AvgIpc) is 2.36. The van der Waals surface area contributed by atoms with Gasteiger partial charge in [0, 0.05) is 5.56 Å². The molecule has 0 saturated carbocycles. The van der Waals surface area contributed by atoms with Gasteiger partial charge in [0.05, 0.1) is 10.2 Å². The molecule has 0 amide bonds. The zero-order chi connectivity index (χ0) is 11.8. The van der Waals surface area contributed by atoms with Crippen LogP contribution in [0, 0.1) is 12.3 Å². The molecule has 0 atom stereocenters. The van der Waals surface area contributed by atoms with Crippen LogP contribution in [0.25, 0.3) is 21.5 Å². The normalized spacial score (nSPS) is 10.6. The van der Waals surface area contributed by atoms with Crippen molar-refractivity contribution in [3.8, 4) is 12.3 Å². The number of hydrogen-bond acceptors (Lipinski definition) is 0. The van der Waals surface area contributed by atoms with Crippen LogP contribution in [0.3, 0.4) is 0 Å². The molecule has 0 saturated heterocycles. The second-order valence-electron chi connectivity index (χ2n) is 4.05. The van der Waals surface area contributed by atoms with E-state index in [1.165, 1.54) is 16.2 Å². The molecule has 17 heavy (non-hydrogen) atoms. The average molecular weight is 229 g/mol. The minimum atomic E-state index is 0.921. The van der Waals surface area contributed by atoms with E-state index in [2.05, 4.69) is 52.6 Å². The van der Waals surface area contributed by atoms with Crippen LogP contribution >= 0.6 is 0 Å². The summed E-state index contributed by atoms with van der Waals surface area (Å²) in [6, 6.07) is 16.7. The molecule has 0 bridgehead atoms. The molecule has 1 heteroatoms. The second kappa shape index (κ2) is 3.76. The van der Waals surface area contributed by atoms with Crippen molar-refractivity contribution in [3.05, 3.63) is 54.1 Å². The van der Waals surface area contributed by atoms with Crippen molar-refractivity contribution in [2.45, 2.75) is 0 Å². The molecule has 0 nitrogen and oxygen atoms in total. The second-order valence-corrected chi connectivity index (χ2v) is 4.59. The summed E-state index contributed by atoms with van der Waals surface area (Å²) in [5.41, 5.74) is 0.921. The largest absolute Gasteiger partial charge is 0.115 e. The van der Waals surface area contributed by atoms with Crippen molar-refractivity contribution in [2.24, 2.45) is 0 Å². The molecule has 0 heterocycles. The van der Waals surface area contributed by atoms with Gasteiger partial charge in [0.25, 0.3) is 0 Å². The Morgan fingerprint density at radius 2 is 1.59 bits per heavy atom. The van der Waals surface area contributed by atoms with E-state index >= 15 is 0 Å². The van der Waals surface area contributed by atoms with Gasteiger partial charge in [0.2, 0.25) is 0 Å². The van der Waals surface area contributed by atoms with Crippen molar-refractivity contribution >= 4 is 37.0 Å². The van der Waals surface area contributed by atoms with E-state index in [1.54, 1.807) is 0 Å². The van der Waals surface area contributed by atoms with Gasteiger partial charge in [-0.2, -0.15) is 0 Å². The number of terminal acetylenes is 1. The maximum absolute atomic E-state index is 5.58. The maximum atomic E-state index is 5.58. The molecule has 0 N–H and O–H groups in total. The van der Waals surface area contributed by atoms with E-state index in [0.717, 1.165) is 16.1 Å². The third-order valence-electron chi connectivity index (χ3n) is 3.03. The Labute approximate surface area is 104 Å². The molecule has 0 aliphatic rings. The molecule has 0 fully saturated rings. The quantitative estimate of drug-likeness (QED) is 0.316. The molecular formula is C16H9Si. The van der Waals surface area contributed by atoms with E-state index in [9.17, 15) is 0 Å². The summed E-state index contributed by atoms with van der Waals surface area (Å²) in [6.07, 6.45) is 5.58. The molecule has 0 aliphatic carbocycles. The Morgan fingerprint density at radius 3 is 2.29 bits per heavy atom. The highest BCUT2D eigenvalue weighted by molar-refractivity contribution is 6.35. The lowest BCUT2D eigenvalue weighted by Crippen LogP contribution is -2.07. The van der Waals surface area contributed by atoms with Crippen molar-refractivity contribution in [3.63, 3.8) is 0 Å². The highest BCUT2D eigenvalue weighted by atomic mass is 28.1. The van der Waals surface area contributed by atoms with Crippen LogP contribution < -0.4 is 5.19 Å². The smallest absolute Gasteiger partial charge is 0.0729 e. The van der Waals surface area contributed by atoms with Gasteiger partial charge in [-0.15, -0.1) is 6.42 Å². The third-order valence-corrected chi connectivity index (χ3v) is 3.45. The van der Waals surface area contributed by atoms with Crippen LogP contribution in [-0.2, 0) is 0 Å². The number of hydrogen-bond donors (Lipinski definition) is 0. The molecule has 0 unspecified atom stereocenters. The first kappa shape index (κ1) is 10.1. The molecule has 77 valence electrons. The lowest BCUT2D eigenvalue weighted by atomic mass is 10.00.